The lowest BCUT2D eigenvalue weighted by Crippen LogP contribution is -2.28. The second-order valence-corrected chi connectivity index (χ2v) is 6.37. The molecule has 1 aromatic rings. The van der Waals surface area contributed by atoms with Crippen LogP contribution in [0.5, 0.6) is 0 Å². The van der Waals surface area contributed by atoms with Crippen molar-refractivity contribution >= 4 is 5.78 Å². The van der Waals surface area contributed by atoms with E-state index >= 15 is 0 Å². The lowest BCUT2D eigenvalue weighted by atomic mass is 9.76. The van der Waals surface area contributed by atoms with Crippen molar-refractivity contribution in [3.63, 3.8) is 0 Å². The molecule has 2 aliphatic rings. The van der Waals surface area contributed by atoms with E-state index in [1.165, 1.54) is 30.4 Å². The van der Waals surface area contributed by atoms with E-state index in [4.69, 9.17) is 0 Å². The molecule has 1 aliphatic carbocycles. The average Bonchev–Trinajstić information content (AvgIpc) is 2.53. The summed E-state index contributed by atoms with van der Waals surface area (Å²) in [4.78, 5) is 12.9. The van der Waals surface area contributed by atoms with Crippen molar-refractivity contribution in [2.45, 2.75) is 52.0 Å². The Bertz CT molecular complexity index is 494. The van der Waals surface area contributed by atoms with Gasteiger partial charge in [0, 0.05) is 18.0 Å². The van der Waals surface area contributed by atoms with Gasteiger partial charge < -0.3 is 5.32 Å². The molecule has 0 amide bonds. The van der Waals surface area contributed by atoms with Crippen molar-refractivity contribution in [2.24, 2.45) is 11.8 Å². The van der Waals surface area contributed by atoms with E-state index in [2.05, 4.69) is 30.4 Å². The number of rotatable bonds is 3. The summed E-state index contributed by atoms with van der Waals surface area (Å²) in [5.41, 5.74) is 3.66. The maximum atomic E-state index is 12.9. The van der Waals surface area contributed by atoms with Gasteiger partial charge in [0.15, 0.2) is 5.78 Å². The Morgan fingerprint density at radius 1 is 1.35 bits per heavy atom. The molecule has 1 aromatic carbocycles. The normalized spacial score (nSPS) is 26.1. The van der Waals surface area contributed by atoms with Crippen LogP contribution in [0.15, 0.2) is 18.2 Å². The molecule has 108 valence electrons. The topological polar surface area (TPSA) is 29.1 Å². The van der Waals surface area contributed by atoms with E-state index in [0.29, 0.717) is 5.78 Å². The van der Waals surface area contributed by atoms with E-state index in [1.54, 1.807) is 0 Å². The van der Waals surface area contributed by atoms with Gasteiger partial charge in [0.25, 0.3) is 0 Å². The second kappa shape index (κ2) is 6.09. The van der Waals surface area contributed by atoms with E-state index in [1.807, 2.05) is 0 Å². The molecule has 2 atom stereocenters. The second-order valence-electron chi connectivity index (χ2n) is 6.37. The predicted octanol–water partition coefficient (Wildman–Crippen LogP) is 3.73. The highest BCUT2D eigenvalue weighted by atomic mass is 16.1. The van der Waals surface area contributed by atoms with Crippen LogP contribution in [0.4, 0.5) is 0 Å². The SMILES string of the molecule is CCC1CCCC(C(=O)c2cccc3c2CCNC3)C1. The smallest absolute Gasteiger partial charge is 0.166 e. The third kappa shape index (κ3) is 2.67. The molecule has 2 nitrogen and oxygen atoms in total. The minimum atomic E-state index is 0.273. The van der Waals surface area contributed by atoms with Crippen LogP contribution in [0.25, 0.3) is 0 Å². The van der Waals surface area contributed by atoms with E-state index in [-0.39, 0.29) is 5.92 Å². The minimum absolute atomic E-state index is 0.273. The molecule has 1 N–H and O–H groups in total. The maximum absolute atomic E-state index is 12.9. The summed E-state index contributed by atoms with van der Waals surface area (Å²) in [5, 5.41) is 3.39. The molecule has 0 bridgehead atoms. The van der Waals surface area contributed by atoms with Crippen molar-refractivity contribution < 1.29 is 4.79 Å². The fourth-order valence-corrected chi connectivity index (χ4v) is 3.88. The molecule has 20 heavy (non-hydrogen) atoms. The summed E-state index contributed by atoms with van der Waals surface area (Å²) in [6.45, 7) is 4.17. The number of benzene rings is 1. The highest BCUT2D eigenvalue weighted by Crippen LogP contribution is 2.34. The van der Waals surface area contributed by atoms with Crippen LogP contribution in [0.2, 0.25) is 0 Å². The summed E-state index contributed by atoms with van der Waals surface area (Å²) in [6.07, 6.45) is 6.97. The van der Waals surface area contributed by atoms with E-state index < -0.39 is 0 Å². The molecular formula is C18H25NO. The van der Waals surface area contributed by atoms with Gasteiger partial charge in [0.1, 0.15) is 0 Å². The van der Waals surface area contributed by atoms with Gasteiger partial charge in [-0.1, -0.05) is 44.4 Å². The zero-order chi connectivity index (χ0) is 13.9. The van der Waals surface area contributed by atoms with Crippen molar-refractivity contribution in [1.29, 1.82) is 0 Å². The zero-order valence-corrected chi connectivity index (χ0v) is 12.5. The van der Waals surface area contributed by atoms with Gasteiger partial charge in [-0.2, -0.15) is 0 Å². The molecular weight excluding hydrogens is 246 g/mol. The number of hydrogen-bond donors (Lipinski definition) is 1. The summed E-state index contributed by atoms with van der Waals surface area (Å²) in [5.74, 6) is 1.45. The van der Waals surface area contributed by atoms with Gasteiger partial charge in [-0.25, -0.2) is 0 Å². The highest BCUT2D eigenvalue weighted by Gasteiger charge is 2.29. The molecule has 0 aromatic heterocycles. The van der Waals surface area contributed by atoms with E-state index in [9.17, 15) is 4.79 Å². The Hall–Kier alpha value is -1.15. The first-order chi connectivity index (χ1) is 9.79. The molecule has 1 aliphatic heterocycles. The monoisotopic (exact) mass is 271 g/mol. The van der Waals surface area contributed by atoms with Crippen LogP contribution in [-0.4, -0.2) is 12.3 Å². The van der Waals surface area contributed by atoms with Gasteiger partial charge in [-0.15, -0.1) is 0 Å². The molecule has 3 rings (SSSR count). The summed E-state index contributed by atoms with van der Waals surface area (Å²) in [7, 11) is 0. The molecule has 2 heteroatoms. The number of fused-ring (bicyclic) bond motifs is 1. The lowest BCUT2D eigenvalue weighted by molar-refractivity contribution is 0.0860. The Balaban J connectivity index is 1.83. The first-order valence-corrected chi connectivity index (χ1v) is 8.15. The average molecular weight is 271 g/mol. The molecule has 0 spiro atoms. The third-order valence-electron chi connectivity index (χ3n) is 5.14. The largest absolute Gasteiger partial charge is 0.312 e. The number of Topliss-reactive ketones (excluding diaryl/α,β-unsaturated/α-hetero) is 1. The fraction of sp³-hybridized carbons (Fsp3) is 0.611. The van der Waals surface area contributed by atoms with Gasteiger partial charge in [0.2, 0.25) is 0 Å². The maximum Gasteiger partial charge on any atom is 0.166 e. The zero-order valence-electron chi connectivity index (χ0n) is 12.5. The first-order valence-electron chi connectivity index (χ1n) is 8.15. The molecule has 1 heterocycles. The Morgan fingerprint density at radius 3 is 3.10 bits per heavy atom. The van der Waals surface area contributed by atoms with Crippen LogP contribution < -0.4 is 5.32 Å². The highest BCUT2D eigenvalue weighted by molar-refractivity contribution is 5.99. The van der Waals surface area contributed by atoms with E-state index in [0.717, 1.165) is 43.8 Å². The quantitative estimate of drug-likeness (QED) is 0.849. The number of ketones is 1. The number of nitrogens with one attached hydrogen (secondary N) is 1. The predicted molar refractivity (Wildman–Crippen MR) is 81.9 cm³/mol. The summed E-state index contributed by atoms with van der Waals surface area (Å²) < 4.78 is 0. The van der Waals surface area contributed by atoms with Crippen molar-refractivity contribution in [3.05, 3.63) is 34.9 Å². The van der Waals surface area contributed by atoms with Crippen LogP contribution >= 0.6 is 0 Å². The van der Waals surface area contributed by atoms with Crippen molar-refractivity contribution in [1.82, 2.24) is 5.32 Å². The van der Waals surface area contributed by atoms with Gasteiger partial charge in [0.05, 0.1) is 0 Å². The third-order valence-corrected chi connectivity index (χ3v) is 5.14. The minimum Gasteiger partial charge on any atom is -0.312 e. The van der Waals surface area contributed by atoms with Crippen LogP contribution in [0.1, 0.15) is 60.5 Å². The van der Waals surface area contributed by atoms with Crippen molar-refractivity contribution in [3.8, 4) is 0 Å². The molecule has 1 fully saturated rings. The summed E-state index contributed by atoms with van der Waals surface area (Å²) >= 11 is 0. The molecule has 0 saturated heterocycles. The lowest BCUT2D eigenvalue weighted by Gasteiger charge is -2.29. The molecule has 1 saturated carbocycles. The number of carbonyl (C=O) groups excluding carboxylic acids is 1. The van der Waals surface area contributed by atoms with Gasteiger partial charge in [-0.3, -0.25) is 4.79 Å². The number of hydrogen-bond acceptors (Lipinski definition) is 2. The van der Waals surface area contributed by atoms with Crippen LogP contribution in [0.3, 0.4) is 0 Å². The van der Waals surface area contributed by atoms with Crippen LogP contribution in [0, 0.1) is 11.8 Å². The standard InChI is InChI=1S/C18H25NO/c1-2-13-5-3-6-14(11-13)18(20)17-8-4-7-15-12-19-10-9-16(15)17/h4,7-8,13-14,19H,2-3,5-6,9-12H2,1H3. The summed E-state index contributed by atoms with van der Waals surface area (Å²) in [6, 6.07) is 6.27. The Morgan fingerprint density at radius 2 is 2.25 bits per heavy atom. The van der Waals surface area contributed by atoms with Crippen LogP contribution in [-0.2, 0) is 13.0 Å². The Kier molecular flexibility index (Phi) is 4.21. The van der Waals surface area contributed by atoms with Gasteiger partial charge >= 0.3 is 0 Å². The fourth-order valence-electron chi connectivity index (χ4n) is 3.88. The Labute approximate surface area is 122 Å². The molecule has 0 radical (unpaired) electrons. The van der Waals surface area contributed by atoms with Crippen molar-refractivity contribution in [2.75, 3.05) is 6.54 Å². The number of carbonyl (C=O) groups is 1. The molecule has 2 unspecified atom stereocenters. The first kappa shape index (κ1) is 13.8. The van der Waals surface area contributed by atoms with Gasteiger partial charge in [-0.05, 0) is 42.9 Å².